The number of carbonyl (C=O) groups excluding carboxylic acids is 1. The molecule has 0 aliphatic carbocycles. The van der Waals surface area contributed by atoms with Crippen LogP contribution in [0.25, 0.3) is 0 Å². The number of nitrogens with one attached hydrogen (secondary N) is 1. The first-order valence-electron chi connectivity index (χ1n) is 7.09. The fourth-order valence-electron chi connectivity index (χ4n) is 1.87. The predicted molar refractivity (Wildman–Crippen MR) is 78.4 cm³/mol. The van der Waals surface area contributed by atoms with Crippen molar-refractivity contribution >= 4 is 5.91 Å². The van der Waals surface area contributed by atoms with Gasteiger partial charge in [-0.05, 0) is 18.6 Å². The van der Waals surface area contributed by atoms with Crippen molar-refractivity contribution in [3.63, 3.8) is 0 Å². The average Bonchev–Trinajstić information content (AvgIpc) is 3.01. The van der Waals surface area contributed by atoms with Crippen LogP contribution in [-0.4, -0.2) is 15.9 Å². The van der Waals surface area contributed by atoms with Crippen LogP contribution in [-0.2, 0) is 6.54 Å². The first kappa shape index (κ1) is 15.2. The number of hydrogen-bond acceptors (Lipinski definition) is 5. The first-order valence-corrected chi connectivity index (χ1v) is 7.09. The van der Waals surface area contributed by atoms with Crippen molar-refractivity contribution in [2.24, 2.45) is 5.73 Å². The number of nitrogens with two attached hydrogens (primary N) is 1. The van der Waals surface area contributed by atoms with Gasteiger partial charge in [-0.25, -0.2) is 4.98 Å². The summed E-state index contributed by atoms with van der Waals surface area (Å²) in [5.74, 6) is 0.116. The van der Waals surface area contributed by atoms with Crippen LogP contribution in [0.3, 0.4) is 0 Å². The van der Waals surface area contributed by atoms with E-state index in [2.05, 4.69) is 22.2 Å². The normalized spacial score (nSPS) is 12.1. The Bertz CT molecular complexity index is 568. The summed E-state index contributed by atoms with van der Waals surface area (Å²) < 4.78 is 5.28. The second-order valence-electron chi connectivity index (χ2n) is 4.82. The maximum Gasteiger partial charge on any atom is 0.273 e. The van der Waals surface area contributed by atoms with Crippen LogP contribution in [0.15, 0.2) is 35.1 Å². The molecule has 1 atom stereocenters. The highest BCUT2D eigenvalue weighted by atomic mass is 16.3. The topological polar surface area (TPSA) is 94.0 Å². The molecular weight excluding hydrogens is 268 g/mol. The quantitative estimate of drug-likeness (QED) is 0.814. The highest BCUT2D eigenvalue weighted by Gasteiger charge is 2.16. The summed E-state index contributed by atoms with van der Waals surface area (Å²) in [4.78, 5) is 20.2. The van der Waals surface area contributed by atoms with E-state index in [4.69, 9.17) is 10.2 Å². The monoisotopic (exact) mass is 288 g/mol. The van der Waals surface area contributed by atoms with E-state index in [1.165, 1.54) is 6.26 Å². The maximum absolute atomic E-state index is 12.0. The third-order valence-corrected chi connectivity index (χ3v) is 3.10. The zero-order chi connectivity index (χ0) is 15.1. The SMILES string of the molecule is CCCCC(N)c1nc(C(=O)NCc2ccccn2)co1. The van der Waals surface area contributed by atoms with E-state index in [1.807, 2.05) is 18.2 Å². The molecule has 0 fully saturated rings. The summed E-state index contributed by atoms with van der Waals surface area (Å²) in [6.07, 6.45) is 5.89. The van der Waals surface area contributed by atoms with Crippen molar-refractivity contribution in [2.45, 2.75) is 38.8 Å². The van der Waals surface area contributed by atoms with E-state index in [0.29, 0.717) is 12.4 Å². The molecule has 0 bridgehead atoms. The molecule has 0 saturated carbocycles. The lowest BCUT2D eigenvalue weighted by atomic mass is 10.1. The molecule has 6 nitrogen and oxygen atoms in total. The largest absolute Gasteiger partial charge is 0.446 e. The van der Waals surface area contributed by atoms with Crippen LogP contribution in [0.5, 0.6) is 0 Å². The Hall–Kier alpha value is -2.21. The third kappa shape index (κ3) is 4.39. The van der Waals surface area contributed by atoms with Crippen molar-refractivity contribution in [1.82, 2.24) is 15.3 Å². The van der Waals surface area contributed by atoms with Crippen LogP contribution in [0.1, 0.15) is 54.3 Å². The summed E-state index contributed by atoms with van der Waals surface area (Å²) in [5.41, 5.74) is 6.99. The predicted octanol–water partition coefficient (Wildman–Crippen LogP) is 2.19. The molecule has 0 spiro atoms. The molecule has 2 aromatic heterocycles. The minimum Gasteiger partial charge on any atom is -0.446 e. The summed E-state index contributed by atoms with van der Waals surface area (Å²) in [5, 5.41) is 2.75. The standard InChI is InChI=1S/C15H20N4O2/c1-2-3-7-12(16)15-19-13(10-21-15)14(20)18-9-11-6-4-5-8-17-11/h4-6,8,10,12H,2-3,7,9,16H2,1H3,(H,18,20). The maximum atomic E-state index is 12.0. The van der Waals surface area contributed by atoms with Crippen molar-refractivity contribution < 1.29 is 9.21 Å². The van der Waals surface area contributed by atoms with Gasteiger partial charge < -0.3 is 15.5 Å². The van der Waals surface area contributed by atoms with E-state index in [-0.39, 0.29) is 17.6 Å². The molecule has 0 radical (unpaired) electrons. The number of pyridine rings is 1. The van der Waals surface area contributed by atoms with E-state index in [0.717, 1.165) is 25.0 Å². The van der Waals surface area contributed by atoms with Gasteiger partial charge in [-0.2, -0.15) is 0 Å². The van der Waals surface area contributed by atoms with Crippen molar-refractivity contribution in [3.8, 4) is 0 Å². The van der Waals surface area contributed by atoms with Gasteiger partial charge in [-0.3, -0.25) is 9.78 Å². The number of amides is 1. The lowest BCUT2D eigenvalue weighted by Gasteiger charge is -2.05. The molecule has 3 N–H and O–H groups in total. The van der Waals surface area contributed by atoms with Gasteiger partial charge in [-0.15, -0.1) is 0 Å². The lowest BCUT2D eigenvalue weighted by Crippen LogP contribution is -2.23. The molecule has 6 heteroatoms. The lowest BCUT2D eigenvalue weighted by molar-refractivity contribution is 0.0945. The fourth-order valence-corrected chi connectivity index (χ4v) is 1.87. The molecule has 0 aliphatic heterocycles. The molecule has 0 aromatic carbocycles. The molecular formula is C15H20N4O2. The van der Waals surface area contributed by atoms with Gasteiger partial charge in [0.25, 0.3) is 5.91 Å². The second kappa shape index (κ2) is 7.54. The third-order valence-electron chi connectivity index (χ3n) is 3.10. The minimum atomic E-state index is -0.293. The Morgan fingerprint density at radius 3 is 3.05 bits per heavy atom. The average molecular weight is 288 g/mol. The van der Waals surface area contributed by atoms with Gasteiger partial charge >= 0.3 is 0 Å². The number of nitrogens with zero attached hydrogens (tertiary/aromatic N) is 2. The molecule has 0 saturated heterocycles. The smallest absolute Gasteiger partial charge is 0.273 e. The minimum absolute atomic E-state index is 0.243. The second-order valence-corrected chi connectivity index (χ2v) is 4.82. The zero-order valence-corrected chi connectivity index (χ0v) is 12.1. The van der Waals surface area contributed by atoms with Gasteiger partial charge in [0.05, 0.1) is 18.3 Å². The number of carbonyl (C=O) groups is 1. The molecule has 1 amide bonds. The number of hydrogen-bond donors (Lipinski definition) is 2. The Morgan fingerprint density at radius 2 is 2.33 bits per heavy atom. The summed E-state index contributed by atoms with van der Waals surface area (Å²) in [6.45, 7) is 2.45. The van der Waals surface area contributed by atoms with E-state index >= 15 is 0 Å². The summed E-state index contributed by atoms with van der Waals surface area (Å²) in [6, 6.07) is 5.28. The van der Waals surface area contributed by atoms with Gasteiger partial charge in [0.2, 0.25) is 5.89 Å². The fraction of sp³-hybridized carbons (Fsp3) is 0.400. The number of rotatable bonds is 7. The van der Waals surface area contributed by atoms with Gasteiger partial charge in [0.1, 0.15) is 6.26 Å². The van der Waals surface area contributed by atoms with E-state index < -0.39 is 0 Å². The summed E-state index contributed by atoms with van der Waals surface area (Å²) in [7, 11) is 0. The van der Waals surface area contributed by atoms with E-state index in [9.17, 15) is 4.79 Å². The summed E-state index contributed by atoms with van der Waals surface area (Å²) >= 11 is 0. The Labute approximate surface area is 123 Å². The van der Waals surface area contributed by atoms with Crippen LogP contribution < -0.4 is 11.1 Å². The van der Waals surface area contributed by atoms with Gasteiger partial charge in [-0.1, -0.05) is 25.8 Å². The molecule has 1 unspecified atom stereocenters. The van der Waals surface area contributed by atoms with Crippen LogP contribution in [0.2, 0.25) is 0 Å². The molecule has 112 valence electrons. The Balaban J connectivity index is 1.90. The van der Waals surface area contributed by atoms with E-state index in [1.54, 1.807) is 6.20 Å². The Morgan fingerprint density at radius 1 is 1.48 bits per heavy atom. The number of oxazole rings is 1. The number of unbranched alkanes of at least 4 members (excludes halogenated alkanes) is 1. The van der Waals surface area contributed by atoms with Crippen LogP contribution in [0, 0.1) is 0 Å². The number of aromatic nitrogens is 2. The van der Waals surface area contributed by atoms with Crippen molar-refractivity contribution in [1.29, 1.82) is 0 Å². The first-order chi connectivity index (χ1) is 10.2. The van der Waals surface area contributed by atoms with Gasteiger partial charge in [0.15, 0.2) is 5.69 Å². The van der Waals surface area contributed by atoms with Crippen molar-refractivity contribution in [3.05, 3.63) is 47.9 Å². The molecule has 2 heterocycles. The van der Waals surface area contributed by atoms with Crippen LogP contribution in [0.4, 0.5) is 0 Å². The van der Waals surface area contributed by atoms with Crippen LogP contribution >= 0.6 is 0 Å². The molecule has 0 aliphatic rings. The molecule has 21 heavy (non-hydrogen) atoms. The zero-order valence-electron chi connectivity index (χ0n) is 12.1. The van der Waals surface area contributed by atoms with Crippen molar-refractivity contribution in [2.75, 3.05) is 0 Å². The highest BCUT2D eigenvalue weighted by Crippen LogP contribution is 2.16. The Kier molecular flexibility index (Phi) is 5.45. The van der Waals surface area contributed by atoms with Gasteiger partial charge in [0, 0.05) is 6.20 Å². The molecule has 2 aromatic rings. The highest BCUT2D eigenvalue weighted by molar-refractivity contribution is 5.91. The molecule has 2 rings (SSSR count).